The number of nitrogens with zero attached hydrogens (tertiary/aromatic N) is 2. The number of benzene rings is 1. The van der Waals surface area contributed by atoms with Crippen molar-refractivity contribution in [2.75, 3.05) is 6.54 Å². The fraction of sp³-hybridized carbons (Fsp3) is 0.471. The highest BCUT2D eigenvalue weighted by Gasteiger charge is 2.23. The lowest BCUT2D eigenvalue weighted by Gasteiger charge is -2.21. The molecule has 0 fully saturated rings. The van der Waals surface area contributed by atoms with Crippen molar-refractivity contribution in [2.24, 2.45) is 7.05 Å². The Morgan fingerprint density at radius 1 is 1.29 bits per heavy atom. The minimum Gasteiger partial charge on any atom is -0.306 e. The largest absolute Gasteiger partial charge is 0.306 e. The maximum Gasteiger partial charge on any atom is 0.128 e. The second-order valence-electron chi connectivity index (χ2n) is 5.62. The van der Waals surface area contributed by atoms with E-state index in [1.807, 2.05) is 38.6 Å². The summed E-state index contributed by atoms with van der Waals surface area (Å²) in [4.78, 5) is 0. The molecule has 0 amide bonds. The summed E-state index contributed by atoms with van der Waals surface area (Å²) in [6.45, 7) is 8.95. The van der Waals surface area contributed by atoms with Gasteiger partial charge in [-0.3, -0.25) is 4.68 Å². The minimum atomic E-state index is -0.170. The summed E-state index contributed by atoms with van der Waals surface area (Å²) < 4.78 is 16.2. The van der Waals surface area contributed by atoms with Gasteiger partial charge in [0.15, 0.2) is 0 Å². The summed E-state index contributed by atoms with van der Waals surface area (Å²) in [6.07, 6.45) is 1.00. The van der Waals surface area contributed by atoms with Crippen LogP contribution in [0.3, 0.4) is 0 Å². The van der Waals surface area contributed by atoms with E-state index in [0.717, 1.165) is 35.5 Å². The molecule has 2 aromatic rings. The van der Waals surface area contributed by atoms with E-state index >= 15 is 0 Å². The van der Waals surface area contributed by atoms with Crippen molar-refractivity contribution in [3.63, 3.8) is 0 Å². The molecule has 2 rings (SSSR count). The molecule has 114 valence electrons. The molecule has 1 aromatic heterocycles. The van der Waals surface area contributed by atoms with Crippen LogP contribution in [0.15, 0.2) is 18.2 Å². The molecule has 0 saturated heterocycles. The molecule has 3 nitrogen and oxygen atoms in total. The fourth-order valence-corrected chi connectivity index (χ4v) is 2.75. The van der Waals surface area contributed by atoms with Gasteiger partial charge in [0.2, 0.25) is 0 Å². The summed E-state index contributed by atoms with van der Waals surface area (Å²) in [7, 11) is 1.93. The molecule has 1 N–H and O–H groups in total. The zero-order chi connectivity index (χ0) is 15.6. The Labute approximate surface area is 126 Å². The number of aromatic nitrogens is 2. The highest BCUT2D eigenvalue weighted by atomic mass is 19.1. The topological polar surface area (TPSA) is 29.9 Å². The van der Waals surface area contributed by atoms with Gasteiger partial charge in [-0.2, -0.15) is 5.10 Å². The number of rotatable bonds is 5. The molecular formula is C17H24FN3. The van der Waals surface area contributed by atoms with Gasteiger partial charge in [0.1, 0.15) is 5.82 Å². The van der Waals surface area contributed by atoms with Crippen LogP contribution in [0.5, 0.6) is 0 Å². The first-order valence-electron chi connectivity index (χ1n) is 7.45. The van der Waals surface area contributed by atoms with E-state index in [0.29, 0.717) is 5.56 Å². The van der Waals surface area contributed by atoms with E-state index in [-0.39, 0.29) is 11.9 Å². The van der Waals surface area contributed by atoms with Gasteiger partial charge in [0, 0.05) is 23.9 Å². The van der Waals surface area contributed by atoms with Gasteiger partial charge in [-0.1, -0.05) is 24.6 Å². The molecular weight excluding hydrogens is 265 g/mol. The van der Waals surface area contributed by atoms with Gasteiger partial charge >= 0.3 is 0 Å². The minimum absolute atomic E-state index is 0.154. The van der Waals surface area contributed by atoms with Crippen molar-refractivity contribution in [1.29, 1.82) is 0 Å². The summed E-state index contributed by atoms with van der Waals surface area (Å²) in [5.74, 6) is -0.170. The van der Waals surface area contributed by atoms with Crippen molar-refractivity contribution in [3.05, 3.63) is 52.1 Å². The second-order valence-corrected chi connectivity index (χ2v) is 5.62. The highest BCUT2D eigenvalue weighted by Crippen LogP contribution is 2.29. The summed E-state index contributed by atoms with van der Waals surface area (Å²) in [5, 5.41) is 7.94. The molecule has 0 spiro atoms. The average Bonchev–Trinajstić information content (AvgIpc) is 2.69. The molecule has 0 bridgehead atoms. The monoisotopic (exact) mass is 289 g/mol. The summed E-state index contributed by atoms with van der Waals surface area (Å²) >= 11 is 0. The molecule has 1 atom stereocenters. The maximum absolute atomic E-state index is 14.3. The Kier molecular flexibility index (Phi) is 4.78. The average molecular weight is 289 g/mol. The van der Waals surface area contributed by atoms with Crippen LogP contribution >= 0.6 is 0 Å². The predicted molar refractivity (Wildman–Crippen MR) is 84.0 cm³/mol. The van der Waals surface area contributed by atoms with Gasteiger partial charge in [0.25, 0.3) is 0 Å². The molecule has 0 saturated carbocycles. The molecule has 0 radical (unpaired) electrons. The third-order valence-electron chi connectivity index (χ3n) is 3.91. The lowest BCUT2D eigenvalue weighted by Crippen LogP contribution is -2.25. The Hall–Kier alpha value is -1.68. The van der Waals surface area contributed by atoms with Gasteiger partial charge in [-0.05, 0) is 39.8 Å². The SMILES string of the molecule is CCCNC(c1cc(C)ccc1F)c1c(C)nn(C)c1C. The van der Waals surface area contributed by atoms with Crippen LogP contribution in [0.1, 0.15) is 47.5 Å². The van der Waals surface area contributed by atoms with Crippen LogP contribution in [0.25, 0.3) is 0 Å². The standard InChI is InChI=1S/C17H24FN3/c1-6-9-19-17(14-10-11(2)7-8-15(14)18)16-12(3)20-21(5)13(16)4/h7-8,10,17,19H,6,9H2,1-5H3. The van der Waals surface area contributed by atoms with Crippen LogP contribution in [-0.4, -0.2) is 16.3 Å². The van der Waals surface area contributed by atoms with Crippen LogP contribution in [-0.2, 0) is 7.05 Å². The Bertz CT molecular complexity index is 631. The molecule has 1 aromatic carbocycles. The quantitative estimate of drug-likeness (QED) is 0.912. The Morgan fingerprint density at radius 2 is 2.00 bits per heavy atom. The molecule has 0 aliphatic heterocycles. The third kappa shape index (κ3) is 3.16. The first-order valence-corrected chi connectivity index (χ1v) is 7.45. The number of aryl methyl sites for hydroxylation is 3. The van der Waals surface area contributed by atoms with E-state index in [1.165, 1.54) is 0 Å². The molecule has 4 heteroatoms. The van der Waals surface area contributed by atoms with Crippen LogP contribution in [0.4, 0.5) is 4.39 Å². The zero-order valence-corrected chi connectivity index (χ0v) is 13.5. The number of hydrogen-bond acceptors (Lipinski definition) is 2. The normalized spacial score (nSPS) is 12.7. The van der Waals surface area contributed by atoms with Gasteiger partial charge < -0.3 is 5.32 Å². The summed E-state index contributed by atoms with van der Waals surface area (Å²) in [5.41, 5.74) is 4.86. The summed E-state index contributed by atoms with van der Waals surface area (Å²) in [6, 6.07) is 5.12. The van der Waals surface area contributed by atoms with Crippen molar-refractivity contribution >= 4 is 0 Å². The van der Waals surface area contributed by atoms with Gasteiger partial charge in [-0.15, -0.1) is 0 Å². The van der Waals surface area contributed by atoms with Crippen LogP contribution in [0.2, 0.25) is 0 Å². The van der Waals surface area contributed by atoms with E-state index in [1.54, 1.807) is 12.1 Å². The van der Waals surface area contributed by atoms with Gasteiger partial charge in [-0.25, -0.2) is 4.39 Å². The molecule has 1 heterocycles. The second kappa shape index (κ2) is 6.39. The van der Waals surface area contributed by atoms with Crippen LogP contribution < -0.4 is 5.32 Å². The first-order chi connectivity index (χ1) is 9.95. The molecule has 0 aliphatic rings. The fourth-order valence-electron chi connectivity index (χ4n) is 2.75. The van der Waals surface area contributed by atoms with Crippen molar-refractivity contribution in [2.45, 2.75) is 40.2 Å². The van der Waals surface area contributed by atoms with E-state index in [9.17, 15) is 4.39 Å². The predicted octanol–water partition coefficient (Wildman–Crippen LogP) is 3.57. The van der Waals surface area contributed by atoms with Crippen molar-refractivity contribution in [3.8, 4) is 0 Å². The zero-order valence-electron chi connectivity index (χ0n) is 13.5. The highest BCUT2D eigenvalue weighted by molar-refractivity contribution is 5.39. The molecule has 0 aliphatic carbocycles. The maximum atomic E-state index is 14.3. The Balaban J connectivity index is 2.55. The first kappa shape index (κ1) is 15.7. The number of nitrogens with one attached hydrogen (secondary N) is 1. The lowest BCUT2D eigenvalue weighted by molar-refractivity contribution is 0.543. The Morgan fingerprint density at radius 3 is 2.57 bits per heavy atom. The van der Waals surface area contributed by atoms with E-state index in [2.05, 4.69) is 17.3 Å². The number of halogens is 1. The smallest absolute Gasteiger partial charge is 0.128 e. The third-order valence-corrected chi connectivity index (χ3v) is 3.91. The van der Waals surface area contributed by atoms with Crippen molar-refractivity contribution in [1.82, 2.24) is 15.1 Å². The van der Waals surface area contributed by atoms with Gasteiger partial charge in [0.05, 0.1) is 11.7 Å². The molecule has 1 unspecified atom stereocenters. The molecule has 21 heavy (non-hydrogen) atoms. The number of hydrogen-bond donors (Lipinski definition) is 1. The van der Waals surface area contributed by atoms with Crippen molar-refractivity contribution < 1.29 is 4.39 Å². The van der Waals surface area contributed by atoms with E-state index < -0.39 is 0 Å². The lowest BCUT2D eigenvalue weighted by atomic mass is 9.95. The van der Waals surface area contributed by atoms with Crippen LogP contribution in [0, 0.1) is 26.6 Å². The van der Waals surface area contributed by atoms with E-state index in [4.69, 9.17) is 0 Å².